The maximum Gasteiger partial charge on any atom is 0.338 e. The highest BCUT2D eigenvalue weighted by Crippen LogP contribution is 2.17. The third-order valence-corrected chi connectivity index (χ3v) is 3.88. The third-order valence-electron chi connectivity index (χ3n) is 3.88. The number of carbonyl (C=O) groups excluding carboxylic acids is 2. The monoisotopic (exact) mass is 358 g/mol. The summed E-state index contributed by atoms with van der Waals surface area (Å²) in [6.45, 7) is -0.116. The molecule has 1 amide bonds. The summed E-state index contributed by atoms with van der Waals surface area (Å²) in [6.07, 6.45) is 2.51. The molecule has 0 bridgehead atoms. The van der Waals surface area contributed by atoms with E-state index in [-0.39, 0.29) is 5.56 Å². The van der Waals surface area contributed by atoms with E-state index in [1.165, 1.54) is 0 Å². The molecule has 5 nitrogen and oxygen atoms in total. The lowest BCUT2D eigenvalue weighted by Crippen LogP contribution is -2.30. The molecule has 0 spiro atoms. The van der Waals surface area contributed by atoms with Crippen LogP contribution < -0.4 is 5.32 Å². The number of amides is 1. The summed E-state index contributed by atoms with van der Waals surface area (Å²) < 4.78 is 30.7. The average molecular weight is 358 g/mol. The smallest absolute Gasteiger partial charge is 0.338 e. The Balaban J connectivity index is 1.45. The lowest BCUT2D eigenvalue weighted by Gasteiger charge is -2.07. The summed E-state index contributed by atoms with van der Waals surface area (Å²) >= 11 is 0. The Hall–Kier alpha value is -3.22. The number of rotatable bonds is 6. The van der Waals surface area contributed by atoms with E-state index in [9.17, 15) is 18.4 Å². The first kappa shape index (κ1) is 17.6. The van der Waals surface area contributed by atoms with Gasteiger partial charge in [-0.3, -0.25) is 4.79 Å². The number of esters is 1. The summed E-state index contributed by atoms with van der Waals surface area (Å²) in [7, 11) is 0. The van der Waals surface area contributed by atoms with Gasteiger partial charge in [-0.15, -0.1) is 0 Å². The Morgan fingerprint density at radius 3 is 2.69 bits per heavy atom. The number of fused-ring (bicyclic) bond motifs is 1. The molecule has 3 aromatic rings. The SMILES string of the molecule is O=C(COC(=O)c1ccc(F)c(F)c1)NCCc1c[nH]c2ccccc12. The van der Waals surface area contributed by atoms with Gasteiger partial charge in [0.1, 0.15) is 0 Å². The van der Waals surface area contributed by atoms with Crippen LogP contribution in [0.2, 0.25) is 0 Å². The zero-order valence-electron chi connectivity index (χ0n) is 13.7. The van der Waals surface area contributed by atoms with E-state index in [4.69, 9.17) is 4.74 Å². The molecule has 134 valence electrons. The molecule has 0 atom stereocenters. The Morgan fingerprint density at radius 1 is 1.08 bits per heavy atom. The minimum Gasteiger partial charge on any atom is -0.452 e. The van der Waals surface area contributed by atoms with Crippen molar-refractivity contribution in [3.63, 3.8) is 0 Å². The van der Waals surface area contributed by atoms with Gasteiger partial charge in [-0.1, -0.05) is 18.2 Å². The normalized spacial score (nSPS) is 10.7. The van der Waals surface area contributed by atoms with E-state index in [0.29, 0.717) is 13.0 Å². The number of hydrogen-bond donors (Lipinski definition) is 2. The number of ether oxygens (including phenoxy) is 1. The number of benzene rings is 2. The summed E-state index contributed by atoms with van der Waals surface area (Å²) in [5.41, 5.74) is 1.93. The van der Waals surface area contributed by atoms with Crippen molar-refractivity contribution >= 4 is 22.8 Å². The van der Waals surface area contributed by atoms with Gasteiger partial charge in [-0.2, -0.15) is 0 Å². The van der Waals surface area contributed by atoms with E-state index in [1.807, 2.05) is 30.5 Å². The highest BCUT2D eigenvalue weighted by atomic mass is 19.2. The van der Waals surface area contributed by atoms with Crippen LogP contribution in [0.4, 0.5) is 8.78 Å². The maximum absolute atomic E-state index is 13.1. The van der Waals surface area contributed by atoms with Crippen LogP contribution in [0.25, 0.3) is 10.9 Å². The average Bonchev–Trinajstić information content (AvgIpc) is 3.05. The molecule has 1 aromatic heterocycles. The van der Waals surface area contributed by atoms with Crippen molar-refractivity contribution in [1.29, 1.82) is 0 Å². The second kappa shape index (κ2) is 7.77. The predicted molar refractivity (Wildman–Crippen MR) is 91.7 cm³/mol. The molecule has 0 unspecified atom stereocenters. The van der Waals surface area contributed by atoms with E-state index in [0.717, 1.165) is 34.7 Å². The maximum atomic E-state index is 13.1. The molecular formula is C19H16F2N2O3. The minimum atomic E-state index is -1.15. The summed E-state index contributed by atoms with van der Waals surface area (Å²) in [4.78, 5) is 26.6. The molecule has 7 heteroatoms. The van der Waals surface area contributed by atoms with Crippen LogP contribution in [0.3, 0.4) is 0 Å². The Kier molecular flexibility index (Phi) is 5.26. The van der Waals surface area contributed by atoms with Gasteiger partial charge in [-0.25, -0.2) is 13.6 Å². The molecule has 3 rings (SSSR count). The Morgan fingerprint density at radius 2 is 1.88 bits per heavy atom. The van der Waals surface area contributed by atoms with E-state index >= 15 is 0 Å². The number of H-pyrrole nitrogens is 1. The summed E-state index contributed by atoms with van der Waals surface area (Å²) in [5, 5.41) is 3.74. The highest BCUT2D eigenvalue weighted by molar-refractivity contribution is 5.91. The van der Waals surface area contributed by atoms with Gasteiger partial charge >= 0.3 is 5.97 Å². The van der Waals surface area contributed by atoms with Gasteiger partial charge < -0.3 is 15.0 Å². The standard InChI is InChI=1S/C19H16F2N2O3/c20-15-6-5-12(9-16(15)21)19(25)26-11-18(24)22-8-7-13-10-23-17-4-2-1-3-14(13)17/h1-6,9-10,23H,7-8,11H2,(H,22,24). The third kappa shape index (κ3) is 4.05. The van der Waals surface area contributed by atoms with E-state index < -0.39 is 30.1 Å². The molecule has 2 aromatic carbocycles. The zero-order chi connectivity index (χ0) is 18.5. The summed E-state index contributed by atoms with van der Waals surface area (Å²) in [5.74, 6) is -3.57. The van der Waals surface area contributed by atoms with Gasteiger partial charge in [0.25, 0.3) is 5.91 Å². The molecule has 2 N–H and O–H groups in total. The molecule has 0 aliphatic heterocycles. The van der Waals surface area contributed by atoms with Crippen LogP contribution >= 0.6 is 0 Å². The van der Waals surface area contributed by atoms with Crippen LogP contribution in [-0.2, 0) is 16.0 Å². The van der Waals surface area contributed by atoms with Crippen molar-refractivity contribution in [1.82, 2.24) is 10.3 Å². The number of nitrogens with one attached hydrogen (secondary N) is 2. The predicted octanol–water partition coefficient (Wildman–Crippen LogP) is 2.96. The summed E-state index contributed by atoms with van der Waals surface area (Å²) in [6, 6.07) is 10.5. The number of carbonyl (C=O) groups is 2. The number of hydrogen-bond acceptors (Lipinski definition) is 3. The lowest BCUT2D eigenvalue weighted by molar-refractivity contribution is -0.124. The van der Waals surface area contributed by atoms with Crippen molar-refractivity contribution in [2.24, 2.45) is 0 Å². The second-order valence-corrected chi connectivity index (χ2v) is 5.66. The van der Waals surface area contributed by atoms with E-state index in [2.05, 4.69) is 10.3 Å². The molecule has 26 heavy (non-hydrogen) atoms. The molecule has 0 aliphatic carbocycles. The van der Waals surface area contributed by atoms with Gasteiger partial charge in [0.2, 0.25) is 0 Å². The van der Waals surface area contributed by atoms with Crippen LogP contribution in [0, 0.1) is 11.6 Å². The Bertz CT molecular complexity index is 953. The molecular weight excluding hydrogens is 342 g/mol. The zero-order valence-corrected chi connectivity index (χ0v) is 13.7. The highest BCUT2D eigenvalue weighted by Gasteiger charge is 2.13. The van der Waals surface area contributed by atoms with Crippen molar-refractivity contribution < 1.29 is 23.1 Å². The number of aromatic amines is 1. The molecule has 0 radical (unpaired) electrons. The first-order valence-electron chi connectivity index (χ1n) is 7.98. The minimum absolute atomic E-state index is 0.157. The van der Waals surface area contributed by atoms with Crippen molar-refractivity contribution in [2.75, 3.05) is 13.2 Å². The van der Waals surface area contributed by atoms with Gasteiger partial charge in [0.05, 0.1) is 5.56 Å². The first-order valence-corrected chi connectivity index (χ1v) is 7.98. The number of aromatic nitrogens is 1. The van der Waals surface area contributed by atoms with Crippen LogP contribution in [-0.4, -0.2) is 30.0 Å². The molecule has 1 heterocycles. The second-order valence-electron chi connectivity index (χ2n) is 5.66. The quantitative estimate of drug-likeness (QED) is 0.666. The van der Waals surface area contributed by atoms with Gasteiger partial charge in [-0.05, 0) is 36.2 Å². The number of para-hydroxylation sites is 1. The van der Waals surface area contributed by atoms with Crippen LogP contribution in [0.1, 0.15) is 15.9 Å². The van der Waals surface area contributed by atoms with Gasteiger partial charge in [0.15, 0.2) is 18.2 Å². The van der Waals surface area contributed by atoms with Crippen molar-refractivity contribution in [2.45, 2.75) is 6.42 Å². The lowest BCUT2D eigenvalue weighted by atomic mass is 10.1. The van der Waals surface area contributed by atoms with Crippen LogP contribution in [0.5, 0.6) is 0 Å². The molecule has 0 saturated carbocycles. The van der Waals surface area contributed by atoms with Crippen molar-refractivity contribution in [3.8, 4) is 0 Å². The number of halogens is 2. The fraction of sp³-hybridized carbons (Fsp3) is 0.158. The largest absolute Gasteiger partial charge is 0.452 e. The van der Waals surface area contributed by atoms with E-state index in [1.54, 1.807) is 0 Å². The topological polar surface area (TPSA) is 71.2 Å². The first-order chi connectivity index (χ1) is 12.5. The van der Waals surface area contributed by atoms with Crippen molar-refractivity contribution in [3.05, 3.63) is 71.4 Å². The molecule has 0 aliphatic rings. The fourth-order valence-electron chi connectivity index (χ4n) is 2.56. The fourth-order valence-corrected chi connectivity index (χ4v) is 2.56. The van der Waals surface area contributed by atoms with Gasteiger partial charge in [0, 0.05) is 23.6 Å². The molecule has 0 fully saturated rings. The molecule has 0 saturated heterocycles. The Labute approximate surface area is 148 Å². The van der Waals surface area contributed by atoms with Crippen LogP contribution in [0.15, 0.2) is 48.7 Å².